The monoisotopic (exact) mass is 393 g/mol. The number of halogens is 2. The van der Waals surface area contributed by atoms with Crippen LogP contribution in [0.25, 0.3) is 11.5 Å². The van der Waals surface area contributed by atoms with Gasteiger partial charge in [0.2, 0.25) is 0 Å². The van der Waals surface area contributed by atoms with E-state index >= 15 is 0 Å². The molecule has 0 atom stereocenters. The van der Waals surface area contributed by atoms with Gasteiger partial charge in [-0.3, -0.25) is 10.1 Å². The van der Waals surface area contributed by atoms with Crippen molar-refractivity contribution >= 4 is 35.1 Å². The lowest BCUT2D eigenvalue weighted by atomic mass is 10.1. The summed E-state index contributed by atoms with van der Waals surface area (Å²) in [5, 5.41) is 11.1. The van der Waals surface area contributed by atoms with Gasteiger partial charge in [0.15, 0.2) is 11.5 Å². The van der Waals surface area contributed by atoms with Gasteiger partial charge in [-0.2, -0.15) is 0 Å². The van der Waals surface area contributed by atoms with Crippen LogP contribution in [0, 0.1) is 0 Å². The summed E-state index contributed by atoms with van der Waals surface area (Å²) in [6.45, 7) is 0. The van der Waals surface area contributed by atoms with Gasteiger partial charge in [-0.05, 0) is 30.3 Å². The van der Waals surface area contributed by atoms with Crippen molar-refractivity contribution in [2.45, 2.75) is 0 Å². The van der Waals surface area contributed by atoms with Gasteiger partial charge in [-0.1, -0.05) is 34.4 Å². The van der Waals surface area contributed by atoms with E-state index in [0.717, 1.165) is 0 Å². The average molecular weight is 394 g/mol. The SMILES string of the molecule is COc1cccc(C(=O)Nc2nnc(-c3ccc(Cl)cc3Cl)o2)c1OC. The lowest BCUT2D eigenvalue weighted by Crippen LogP contribution is -2.13. The van der Waals surface area contributed by atoms with Crippen LogP contribution in [0.4, 0.5) is 6.01 Å². The van der Waals surface area contributed by atoms with Gasteiger partial charge in [-0.15, -0.1) is 5.10 Å². The summed E-state index contributed by atoms with van der Waals surface area (Å²) in [5.74, 6) is 0.394. The van der Waals surface area contributed by atoms with Gasteiger partial charge < -0.3 is 13.9 Å². The molecular formula is C17H13Cl2N3O4. The number of benzene rings is 2. The Labute approximate surface area is 158 Å². The van der Waals surface area contributed by atoms with Crippen LogP contribution < -0.4 is 14.8 Å². The number of carbonyl (C=O) groups is 1. The summed E-state index contributed by atoms with van der Waals surface area (Å²) in [6, 6.07) is 9.71. The highest BCUT2D eigenvalue weighted by molar-refractivity contribution is 6.36. The number of ether oxygens (including phenoxy) is 2. The van der Waals surface area contributed by atoms with Crippen LogP contribution in [-0.4, -0.2) is 30.3 Å². The average Bonchev–Trinajstić information content (AvgIpc) is 3.08. The third-order valence-corrected chi connectivity index (χ3v) is 4.00. The van der Waals surface area contributed by atoms with E-state index in [1.54, 1.807) is 36.4 Å². The first-order valence-corrected chi connectivity index (χ1v) is 8.10. The summed E-state index contributed by atoms with van der Waals surface area (Å²) in [7, 11) is 2.93. The smallest absolute Gasteiger partial charge is 0.322 e. The second-order valence-corrected chi connectivity index (χ2v) is 5.88. The molecule has 0 saturated heterocycles. The number of aromatic nitrogens is 2. The minimum absolute atomic E-state index is 0.0825. The van der Waals surface area contributed by atoms with E-state index in [9.17, 15) is 4.79 Å². The minimum atomic E-state index is -0.488. The zero-order chi connectivity index (χ0) is 18.7. The van der Waals surface area contributed by atoms with E-state index in [1.165, 1.54) is 14.2 Å². The highest BCUT2D eigenvalue weighted by Gasteiger charge is 2.19. The van der Waals surface area contributed by atoms with Crippen LogP contribution >= 0.6 is 23.2 Å². The Morgan fingerprint density at radius 2 is 1.92 bits per heavy atom. The lowest BCUT2D eigenvalue weighted by molar-refractivity contribution is 0.102. The molecule has 7 nitrogen and oxygen atoms in total. The van der Waals surface area contributed by atoms with Crippen LogP contribution in [0.5, 0.6) is 11.5 Å². The molecule has 3 rings (SSSR count). The predicted molar refractivity (Wildman–Crippen MR) is 97.3 cm³/mol. The highest BCUT2D eigenvalue weighted by Crippen LogP contribution is 2.32. The maximum absolute atomic E-state index is 12.5. The third kappa shape index (κ3) is 3.58. The normalized spacial score (nSPS) is 10.5. The molecule has 0 aliphatic heterocycles. The largest absolute Gasteiger partial charge is 0.493 e. The number of anilines is 1. The van der Waals surface area contributed by atoms with E-state index in [2.05, 4.69) is 15.5 Å². The molecule has 1 aromatic heterocycles. The minimum Gasteiger partial charge on any atom is -0.493 e. The molecule has 1 heterocycles. The molecule has 1 N–H and O–H groups in total. The molecule has 1 amide bonds. The molecule has 2 aromatic carbocycles. The zero-order valence-electron chi connectivity index (χ0n) is 13.7. The van der Waals surface area contributed by atoms with Crippen molar-refractivity contribution in [2.24, 2.45) is 0 Å². The van der Waals surface area contributed by atoms with Crippen molar-refractivity contribution in [3.63, 3.8) is 0 Å². The van der Waals surface area contributed by atoms with Crippen LogP contribution in [0.15, 0.2) is 40.8 Å². The zero-order valence-corrected chi connectivity index (χ0v) is 15.3. The predicted octanol–water partition coefficient (Wildman–Crippen LogP) is 4.31. The number of hydrogen-bond acceptors (Lipinski definition) is 6. The molecule has 0 fully saturated rings. The van der Waals surface area contributed by atoms with E-state index in [4.69, 9.17) is 37.1 Å². The molecule has 9 heteroatoms. The third-order valence-electron chi connectivity index (χ3n) is 3.45. The maximum atomic E-state index is 12.5. The van der Waals surface area contributed by atoms with Gasteiger partial charge in [0.1, 0.15) is 0 Å². The van der Waals surface area contributed by atoms with Gasteiger partial charge >= 0.3 is 6.01 Å². The Kier molecular flexibility index (Phi) is 5.29. The highest BCUT2D eigenvalue weighted by atomic mass is 35.5. The Hall–Kier alpha value is -2.77. The Morgan fingerprint density at radius 3 is 2.62 bits per heavy atom. The van der Waals surface area contributed by atoms with E-state index < -0.39 is 5.91 Å². The molecule has 0 spiro atoms. The Morgan fingerprint density at radius 1 is 1.12 bits per heavy atom. The number of rotatable bonds is 5. The lowest BCUT2D eigenvalue weighted by Gasteiger charge is -2.11. The maximum Gasteiger partial charge on any atom is 0.322 e. The molecular weight excluding hydrogens is 381 g/mol. The van der Waals surface area contributed by atoms with Crippen molar-refractivity contribution in [3.05, 3.63) is 52.0 Å². The molecule has 26 heavy (non-hydrogen) atoms. The summed E-state index contributed by atoms with van der Waals surface area (Å²) in [5.41, 5.74) is 0.763. The fraction of sp³-hybridized carbons (Fsp3) is 0.118. The summed E-state index contributed by atoms with van der Waals surface area (Å²) < 4.78 is 15.9. The number of methoxy groups -OCH3 is 2. The second kappa shape index (κ2) is 7.63. The van der Waals surface area contributed by atoms with Gasteiger partial charge in [0.25, 0.3) is 11.8 Å². The fourth-order valence-electron chi connectivity index (χ4n) is 2.28. The standard InChI is InChI=1S/C17H13Cl2N3O4/c1-24-13-5-3-4-11(14(13)25-2)15(23)20-17-22-21-16(26-17)10-7-6-9(18)8-12(10)19/h3-8H,1-2H3,(H,20,22,23). The quantitative estimate of drug-likeness (QED) is 0.694. The molecule has 0 aliphatic rings. The number of nitrogens with zero attached hydrogens (tertiary/aromatic N) is 2. The molecule has 0 saturated carbocycles. The number of nitrogens with one attached hydrogen (secondary N) is 1. The Balaban J connectivity index is 1.85. The van der Waals surface area contributed by atoms with E-state index in [-0.39, 0.29) is 17.5 Å². The molecule has 3 aromatic rings. The van der Waals surface area contributed by atoms with Crippen LogP contribution in [0.1, 0.15) is 10.4 Å². The summed E-state index contributed by atoms with van der Waals surface area (Å²) >= 11 is 12.0. The van der Waals surface area contributed by atoms with Crippen LogP contribution in [0.3, 0.4) is 0 Å². The van der Waals surface area contributed by atoms with Gasteiger partial charge in [0, 0.05) is 5.02 Å². The van der Waals surface area contributed by atoms with Crippen molar-refractivity contribution in [2.75, 3.05) is 19.5 Å². The fourth-order valence-corrected chi connectivity index (χ4v) is 2.77. The number of amides is 1. The first-order valence-electron chi connectivity index (χ1n) is 7.34. The first kappa shape index (κ1) is 18.0. The van der Waals surface area contributed by atoms with Crippen molar-refractivity contribution < 1.29 is 18.7 Å². The molecule has 134 valence electrons. The second-order valence-electron chi connectivity index (χ2n) is 5.03. The summed E-state index contributed by atoms with van der Waals surface area (Å²) in [6.07, 6.45) is 0. The topological polar surface area (TPSA) is 86.5 Å². The van der Waals surface area contributed by atoms with E-state index in [0.29, 0.717) is 27.1 Å². The van der Waals surface area contributed by atoms with Crippen molar-refractivity contribution in [3.8, 4) is 23.0 Å². The van der Waals surface area contributed by atoms with Crippen LogP contribution in [0.2, 0.25) is 10.0 Å². The number of carbonyl (C=O) groups excluding carboxylic acids is 1. The van der Waals surface area contributed by atoms with E-state index in [1.807, 2.05) is 0 Å². The molecule has 0 bridgehead atoms. The number of hydrogen-bond donors (Lipinski definition) is 1. The molecule has 0 radical (unpaired) electrons. The van der Waals surface area contributed by atoms with Crippen LogP contribution in [-0.2, 0) is 0 Å². The summed E-state index contributed by atoms with van der Waals surface area (Å²) in [4.78, 5) is 12.5. The van der Waals surface area contributed by atoms with Gasteiger partial charge in [0.05, 0.1) is 30.4 Å². The van der Waals surface area contributed by atoms with Gasteiger partial charge in [-0.25, -0.2) is 0 Å². The molecule has 0 unspecified atom stereocenters. The molecule has 0 aliphatic carbocycles. The van der Waals surface area contributed by atoms with Crippen molar-refractivity contribution in [1.82, 2.24) is 10.2 Å². The Bertz CT molecular complexity index is 959. The number of para-hydroxylation sites is 1. The van der Waals surface area contributed by atoms with Crippen molar-refractivity contribution in [1.29, 1.82) is 0 Å². The first-order chi connectivity index (χ1) is 12.5.